The molecule has 4 heteroatoms. The van der Waals surface area contributed by atoms with E-state index in [0.717, 1.165) is 5.56 Å². The monoisotopic (exact) mass is 274 g/mol. The van der Waals surface area contributed by atoms with E-state index >= 15 is 0 Å². The first-order valence-corrected chi connectivity index (χ1v) is 6.03. The molecular formula is C11H15BrO3. The number of rotatable bonds is 5. The summed E-state index contributed by atoms with van der Waals surface area (Å²) in [5.41, 5.74) is 0.793. The molecule has 1 rings (SSSR count). The van der Waals surface area contributed by atoms with Gasteiger partial charge in [0.25, 0.3) is 0 Å². The maximum atomic E-state index is 9.89. The van der Waals surface area contributed by atoms with E-state index in [1.54, 1.807) is 0 Å². The average molecular weight is 275 g/mol. The van der Waals surface area contributed by atoms with Gasteiger partial charge in [-0.05, 0) is 19.9 Å². The first kappa shape index (κ1) is 12.2. The van der Waals surface area contributed by atoms with E-state index in [4.69, 9.17) is 9.47 Å². The molecule has 0 fully saturated rings. The number of phenols is 1. The van der Waals surface area contributed by atoms with Crippen molar-refractivity contribution in [3.05, 3.63) is 17.7 Å². The molecule has 0 aliphatic carbocycles. The van der Waals surface area contributed by atoms with Gasteiger partial charge in [0.2, 0.25) is 5.75 Å². The van der Waals surface area contributed by atoms with Crippen molar-refractivity contribution >= 4 is 15.9 Å². The Hall–Kier alpha value is -0.900. The van der Waals surface area contributed by atoms with Crippen LogP contribution in [0.2, 0.25) is 0 Å². The van der Waals surface area contributed by atoms with Gasteiger partial charge in [0.05, 0.1) is 13.2 Å². The lowest BCUT2D eigenvalue weighted by Crippen LogP contribution is -1.99. The van der Waals surface area contributed by atoms with Crippen LogP contribution >= 0.6 is 15.9 Å². The Morgan fingerprint density at radius 3 is 2.40 bits per heavy atom. The third-order valence-corrected chi connectivity index (χ3v) is 2.52. The third kappa shape index (κ3) is 2.78. The van der Waals surface area contributed by atoms with Gasteiger partial charge >= 0.3 is 0 Å². The van der Waals surface area contributed by atoms with E-state index in [9.17, 15) is 5.11 Å². The summed E-state index contributed by atoms with van der Waals surface area (Å²) in [5.74, 6) is 1.16. The van der Waals surface area contributed by atoms with Crippen LogP contribution in [0.25, 0.3) is 0 Å². The second kappa shape index (κ2) is 5.85. The number of aromatic hydroxyl groups is 1. The molecule has 0 unspecified atom stereocenters. The van der Waals surface area contributed by atoms with E-state index in [0.29, 0.717) is 30.0 Å². The maximum absolute atomic E-state index is 9.89. The van der Waals surface area contributed by atoms with Gasteiger partial charge in [0, 0.05) is 10.9 Å². The molecule has 0 amide bonds. The number of hydrogen-bond donors (Lipinski definition) is 1. The summed E-state index contributed by atoms with van der Waals surface area (Å²) >= 11 is 3.30. The Kier molecular flexibility index (Phi) is 4.75. The van der Waals surface area contributed by atoms with Gasteiger partial charge in [-0.15, -0.1) is 0 Å². The van der Waals surface area contributed by atoms with Gasteiger partial charge in [-0.2, -0.15) is 0 Å². The number of ether oxygens (including phenoxy) is 2. The topological polar surface area (TPSA) is 38.7 Å². The molecule has 0 bridgehead atoms. The predicted molar refractivity (Wildman–Crippen MR) is 63.1 cm³/mol. The summed E-state index contributed by atoms with van der Waals surface area (Å²) < 4.78 is 10.7. The number of alkyl halides is 1. The Morgan fingerprint density at radius 1 is 1.20 bits per heavy atom. The first-order valence-electron chi connectivity index (χ1n) is 4.90. The highest BCUT2D eigenvalue weighted by molar-refractivity contribution is 9.08. The quantitative estimate of drug-likeness (QED) is 0.839. The van der Waals surface area contributed by atoms with Gasteiger partial charge in [-0.25, -0.2) is 0 Å². The van der Waals surface area contributed by atoms with E-state index in [1.807, 2.05) is 26.0 Å². The molecule has 0 spiro atoms. The Labute approximate surface area is 98.1 Å². The Balaban J connectivity index is 3.11. The fraction of sp³-hybridized carbons (Fsp3) is 0.455. The van der Waals surface area contributed by atoms with E-state index < -0.39 is 0 Å². The highest BCUT2D eigenvalue weighted by Crippen LogP contribution is 2.40. The molecule has 0 aromatic heterocycles. The molecule has 0 aliphatic heterocycles. The fourth-order valence-electron chi connectivity index (χ4n) is 1.25. The number of halogens is 1. The lowest BCUT2D eigenvalue weighted by Gasteiger charge is -2.13. The molecule has 0 radical (unpaired) electrons. The van der Waals surface area contributed by atoms with Crippen LogP contribution in [-0.2, 0) is 5.33 Å². The van der Waals surface area contributed by atoms with Crippen molar-refractivity contribution in [2.75, 3.05) is 13.2 Å². The third-order valence-electron chi connectivity index (χ3n) is 1.91. The van der Waals surface area contributed by atoms with Crippen LogP contribution in [0.3, 0.4) is 0 Å². The summed E-state index contributed by atoms with van der Waals surface area (Å²) in [6.45, 7) is 4.81. The summed E-state index contributed by atoms with van der Waals surface area (Å²) in [6, 6.07) is 3.63. The number of phenolic OH excluding ortho intramolecular Hbond substituents is 1. The zero-order valence-electron chi connectivity index (χ0n) is 8.92. The minimum absolute atomic E-state index is 0.152. The summed E-state index contributed by atoms with van der Waals surface area (Å²) in [6.07, 6.45) is 0. The molecule has 0 heterocycles. The zero-order chi connectivity index (χ0) is 11.3. The van der Waals surface area contributed by atoms with Gasteiger partial charge in [-0.1, -0.05) is 22.0 Å². The van der Waals surface area contributed by atoms with Crippen LogP contribution in [0.4, 0.5) is 0 Å². The number of benzene rings is 1. The maximum Gasteiger partial charge on any atom is 0.203 e. The predicted octanol–water partition coefficient (Wildman–Crippen LogP) is 3.08. The summed E-state index contributed by atoms with van der Waals surface area (Å²) in [7, 11) is 0. The molecule has 0 saturated carbocycles. The van der Waals surface area contributed by atoms with Crippen molar-refractivity contribution in [3.8, 4) is 17.2 Å². The van der Waals surface area contributed by atoms with Crippen molar-refractivity contribution in [3.63, 3.8) is 0 Å². The molecule has 3 nitrogen and oxygen atoms in total. The van der Waals surface area contributed by atoms with E-state index in [-0.39, 0.29) is 5.75 Å². The average Bonchev–Trinajstić information content (AvgIpc) is 2.24. The van der Waals surface area contributed by atoms with Crippen molar-refractivity contribution in [2.24, 2.45) is 0 Å². The van der Waals surface area contributed by atoms with Crippen molar-refractivity contribution in [1.82, 2.24) is 0 Å². The van der Waals surface area contributed by atoms with Gasteiger partial charge in [-0.3, -0.25) is 0 Å². The molecular weight excluding hydrogens is 260 g/mol. The SMILES string of the molecule is CCOc1ccc(CBr)c(O)c1OCC. The van der Waals surface area contributed by atoms with Crippen LogP contribution in [-0.4, -0.2) is 18.3 Å². The molecule has 1 N–H and O–H groups in total. The fourth-order valence-corrected chi connectivity index (χ4v) is 1.71. The molecule has 15 heavy (non-hydrogen) atoms. The highest BCUT2D eigenvalue weighted by atomic mass is 79.9. The lowest BCUT2D eigenvalue weighted by atomic mass is 10.2. The van der Waals surface area contributed by atoms with E-state index in [2.05, 4.69) is 15.9 Å². The van der Waals surface area contributed by atoms with Crippen LogP contribution in [0.15, 0.2) is 12.1 Å². The van der Waals surface area contributed by atoms with Crippen LogP contribution in [0.1, 0.15) is 19.4 Å². The number of hydrogen-bond acceptors (Lipinski definition) is 3. The zero-order valence-corrected chi connectivity index (χ0v) is 10.5. The Morgan fingerprint density at radius 2 is 1.87 bits per heavy atom. The van der Waals surface area contributed by atoms with Gasteiger partial charge in [0.1, 0.15) is 0 Å². The van der Waals surface area contributed by atoms with Gasteiger partial charge in [0.15, 0.2) is 11.5 Å². The summed E-state index contributed by atoms with van der Waals surface area (Å²) in [4.78, 5) is 0. The van der Waals surface area contributed by atoms with Crippen LogP contribution < -0.4 is 9.47 Å². The van der Waals surface area contributed by atoms with Crippen molar-refractivity contribution < 1.29 is 14.6 Å². The largest absolute Gasteiger partial charge is 0.504 e. The van der Waals surface area contributed by atoms with E-state index in [1.165, 1.54) is 0 Å². The lowest BCUT2D eigenvalue weighted by molar-refractivity contribution is 0.274. The molecule has 1 aromatic rings. The smallest absolute Gasteiger partial charge is 0.203 e. The summed E-state index contributed by atoms with van der Waals surface area (Å²) in [5, 5.41) is 10.5. The normalized spacial score (nSPS) is 10.1. The van der Waals surface area contributed by atoms with Crippen molar-refractivity contribution in [1.29, 1.82) is 0 Å². The van der Waals surface area contributed by atoms with Crippen LogP contribution in [0.5, 0.6) is 17.2 Å². The van der Waals surface area contributed by atoms with Crippen molar-refractivity contribution in [2.45, 2.75) is 19.2 Å². The molecule has 0 aliphatic rings. The first-order chi connectivity index (χ1) is 7.24. The minimum atomic E-state index is 0.152. The molecule has 1 aromatic carbocycles. The van der Waals surface area contributed by atoms with Gasteiger partial charge < -0.3 is 14.6 Å². The van der Waals surface area contributed by atoms with Crippen LogP contribution in [0, 0.1) is 0 Å². The second-order valence-electron chi connectivity index (χ2n) is 2.90. The molecule has 84 valence electrons. The highest BCUT2D eigenvalue weighted by Gasteiger charge is 2.13. The minimum Gasteiger partial charge on any atom is -0.504 e. The Bertz CT molecular complexity index is 326. The second-order valence-corrected chi connectivity index (χ2v) is 3.46. The standard InChI is InChI=1S/C11H15BrO3/c1-3-14-9-6-5-8(7-12)10(13)11(9)15-4-2/h5-6,13H,3-4,7H2,1-2H3. The molecule has 0 atom stereocenters. The molecule has 0 saturated heterocycles.